The molecule has 1 fully saturated rings. The number of rotatable bonds is 4. The number of aromatic nitrogens is 4. The molecule has 0 bridgehead atoms. The van der Waals surface area contributed by atoms with Gasteiger partial charge in [-0.3, -0.25) is 4.68 Å². The first-order chi connectivity index (χ1) is 8.98. The van der Waals surface area contributed by atoms with Crippen LogP contribution in [0.15, 0.2) is 0 Å². The third-order valence-corrected chi connectivity index (χ3v) is 4.28. The Morgan fingerprint density at radius 3 is 2.63 bits per heavy atom. The standard InChI is InChI=1S/C14H21ClN4/c1-5-6-10-11-13(18(4)17-10)19(14(3)7-8-14)12(16-11)9(2)15/h9H,5-8H2,1-4H3. The van der Waals surface area contributed by atoms with E-state index in [1.807, 2.05) is 18.7 Å². The van der Waals surface area contributed by atoms with Gasteiger partial charge in [-0.05, 0) is 33.1 Å². The van der Waals surface area contributed by atoms with E-state index in [9.17, 15) is 0 Å². The Labute approximate surface area is 118 Å². The van der Waals surface area contributed by atoms with Crippen molar-refractivity contribution in [3.63, 3.8) is 0 Å². The van der Waals surface area contributed by atoms with Crippen LogP contribution in [0, 0.1) is 0 Å². The average Bonchev–Trinajstić information content (AvgIpc) is 2.86. The maximum absolute atomic E-state index is 6.34. The van der Waals surface area contributed by atoms with E-state index >= 15 is 0 Å². The van der Waals surface area contributed by atoms with Crippen LogP contribution in [0.25, 0.3) is 11.2 Å². The van der Waals surface area contributed by atoms with Crippen LogP contribution in [0.2, 0.25) is 0 Å². The Morgan fingerprint density at radius 2 is 2.11 bits per heavy atom. The van der Waals surface area contributed by atoms with Crippen LogP contribution < -0.4 is 0 Å². The van der Waals surface area contributed by atoms with Gasteiger partial charge in [-0.2, -0.15) is 5.10 Å². The maximum atomic E-state index is 6.34. The van der Waals surface area contributed by atoms with Crippen LogP contribution >= 0.6 is 11.6 Å². The molecule has 0 N–H and O–H groups in total. The number of nitrogens with zero attached hydrogens (tertiary/aromatic N) is 4. The number of aryl methyl sites for hydroxylation is 2. The summed E-state index contributed by atoms with van der Waals surface area (Å²) in [5, 5.41) is 4.56. The van der Waals surface area contributed by atoms with Gasteiger partial charge in [-0.1, -0.05) is 13.3 Å². The predicted molar refractivity (Wildman–Crippen MR) is 77.6 cm³/mol. The minimum atomic E-state index is -0.0701. The van der Waals surface area contributed by atoms with E-state index in [2.05, 4.69) is 23.5 Å². The van der Waals surface area contributed by atoms with Crippen LogP contribution in [-0.4, -0.2) is 19.3 Å². The zero-order valence-corrected chi connectivity index (χ0v) is 12.8. The molecule has 1 aliphatic rings. The Balaban J connectivity index is 2.28. The van der Waals surface area contributed by atoms with E-state index < -0.39 is 0 Å². The summed E-state index contributed by atoms with van der Waals surface area (Å²) in [5.74, 6) is 0.988. The molecule has 0 radical (unpaired) electrons. The predicted octanol–water partition coefficient (Wildman–Crippen LogP) is 3.53. The van der Waals surface area contributed by atoms with E-state index in [0.717, 1.165) is 35.5 Å². The first-order valence-corrected chi connectivity index (χ1v) is 7.50. The van der Waals surface area contributed by atoms with Crippen LogP contribution in [0.5, 0.6) is 0 Å². The SMILES string of the molecule is CCCc1nn(C)c2c1nc(C(C)Cl)n2C1(C)CC1. The number of hydrogen-bond acceptors (Lipinski definition) is 2. The van der Waals surface area contributed by atoms with E-state index in [1.54, 1.807) is 0 Å². The second-order valence-corrected chi connectivity index (χ2v) is 6.57. The van der Waals surface area contributed by atoms with Gasteiger partial charge >= 0.3 is 0 Å². The molecule has 0 aromatic carbocycles. The highest BCUT2D eigenvalue weighted by molar-refractivity contribution is 6.20. The van der Waals surface area contributed by atoms with Gasteiger partial charge in [-0.15, -0.1) is 11.6 Å². The molecule has 104 valence electrons. The molecule has 1 unspecified atom stereocenters. The second kappa shape index (κ2) is 4.23. The Hall–Kier alpha value is -1.03. The van der Waals surface area contributed by atoms with E-state index in [-0.39, 0.29) is 10.9 Å². The van der Waals surface area contributed by atoms with Crippen LogP contribution in [0.1, 0.15) is 56.9 Å². The van der Waals surface area contributed by atoms with Gasteiger partial charge in [0.25, 0.3) is 0 Å². The van der Waals surface area contributed by atoms with E-state index in [1.165, 1.54) is 12.8 Å². The van der Waals surface area contributed by atoms with Crippen molar-refractivity contribution in [2.45, 2.75) is 57.4 Å². The summed E-state index contributed by atoms with van der Waals surface area (Å²) >= 11 is 6.34. The summed E-state index contributed by atoms with van der Waals surface area (Å²) < 4.78 is 4.30. The highest BCUT2D eigenvalue weighted by atomic mass is 35.5. The molecule has 0 amide bonds. The van der Waals surface area contributed by atoms with Gasteiger partial charge in [0.15, 0.2) is 5.65 Å². The largest absolute Gasteiger partial charge is 0.306 e. The molecule has 2 heterocycles. The lowest BCUT2D eigenvalue weighted by Gasteiger charge is -2.17. The lowest BCUT2D eigenvalue weighted by Crippen LogP contribution is -2.18. The number of alkyl halides is 1. The fourth-order valence-electron chi connectivity index (χ4n) is 2.81. The Kier molecular flexibility index (Phi) is 2.89. The fourth-order valence-corrected chi connectivity index (χ4v) is 2.95. The molecule has 0 saturated heterocycles. The van der Waals surface area contributed by atoms with Gasteiger partial charge in [0.05, 0.1) is 11.1 Å². The summed E-state index contributed by atoms with van der Waals surface area (Å²) in [7, 11) is 2.01. The Bertz CT molecular complexity index is 619. The van der Waals surface area contributed by atoms with Gasteiger partial charge < -0.3 is 4.57 Å². The molecule has 2 aromatic heterocycles. The van der Waals surface area contributed by atoms with Gasteiger partial charge in [0, 0.05) is 12.6 Å². The normalized spacial score (nSPS) is 19.0. The molecule has 0 spiro atoms. The van der Waals surface area contributed by atoms with E-state index in [4.69, 9.17) is 16.6 Å². The summed E-state index contributed by atoms with van der Waals surface area (Å²) in [4.78, 5) is 4.81. The summed E-state index contributed by atoms with van der Waals surface area (Å²) in [6.45, 7) is 6.45. The zero-order valence-electron chi connectivity index (χ0n) is 12.1. The second-order valence-electron chi connectivity index (χ2n) is 5.91. The summed E-state index contributed by atoms with van der Waals surface area (Å²) in [6.07, 6.45) is 4.45. The molecule has 0 aliphatic heterocycles. The van der Waals surface area contributed by atoms with Crippen LogP contribution in [0.4, 0.5) is 0 Å². The van der Waals surface area contributed by atoms with Crippen molar-refractivity contribution in [1.29, 1.82) is 0 Å². The quantitative estimate of drug-likeness (QED) is 0.803. The molecule has 1 aliphatic carbocycles. The molecule has 4 nitrogen and oxygen atoms in total. The lowest BCUT2D eigenvalue weighted by atomic mass is 10.2. The molecular formula is C14H21ClN4. The lowest BCUT2D eigenvalue weighted by molar-refractivity contribution is 0.508. The number of halogens is 1. The van der Waals surface area contributed by atoms with Gasteiger partial charge in [-0.25, -0.2) is 4.98 Å². The first-order valence-electron chi connectivity index (χ1n) is 7.06. The number of hydrogen-bond donors (Lipinski definition) is 0. The highest BCUT2D eigenvalue weighted by Gasteiger charge is 2.43. The molecule has 5 heteroatoms. The zero-order chi connectivity index (χ0) is 13.8. The molecule has 2 aromatic rings. The third kappa shape index (κ3) is 1.88. The summed E-state index contributed by atoms with van der Waals surface area (Å²) in [6, 6.07) is 0. The van der Waals surface area contributed by atoms with Crippen LogP contribution in [-0.2, 0) is 19.0 Å². The highest BCUT2D eigenvalue weighted by Crippen LogP contribution is 2.47. The van der Waals surface area contributed by atoms with Crippen molar-refractivity contribution >= 4 is 22.8 Å². The van der Waals surface area contributed by atoms with Crippen molar-refractivity contribution in [2.75, 3.05) is 0 Å². The monoisotopic (exact) mass is 280 g/mol. The smallest absolute Gasteiger partial charge is 0.159 e. The third-order valence-electron chi connectivity index (χ3n) is 4.09. The first kappa shape index (κ1) is 13.0. The molecule has 1 saturated carbocycles. The van der Waals surface area contributed by atoms with Gasteiger partial charge in [0.2, 0.25) is 0 Å². The molecular weight excluding hydrogens is 260 g/mol. The van der Waals surface area contributed by atoms with Crippen molar-refractivity contribution in [1.82, 2.24) is 19.3 Å². The van der Waals surface area contributed by atoms with E-state index in [0.29, 0.717) is 0 Å². The molecule has 19 heavy (non-hydrogen) atoms. The van der Waals surface area contributed by atoms with Gasteiger partial charge in [0.1, 0.15) is 11.3 Å². The van der Waals surface area contributed by atoms with Crippen molar-refractivity contribution < 1.29 is 0 Å². The number of imidazole rings is 1. The van der Waals surface area contributed by atoms with Crippen LogP contribution in [0.3, 0.4) is 0 Å². The number of fused-ring (bicyclic) bond motifs is 1. The van der Waals surface area contributed by atoms with Crippen molar-refractivity contribution in [2.24, 2.45) is 7.05 Å². The topological polar surface area (TPSA) is 35.6 Å². The Morgan fingerprint density at radius 1 is 1.42 bits per heavy atom. The van der Waals surface area contributed by atoms with Crippen molar-refractivity contribution in [3.8, 4) is 0 Å². The fraction of sp³-hybridized carbons (Fsp3) is 0.714. The van der Waals surface area contributed by atoms with Crippen molar-refractivity contribution in [3.05, 3.63) is 11.5 Å². The average molecular weight is 281 g/mol. The minimum absolute atomic E-state index is 0.0701. The summed E-state index contributed by atoms with van der Waals surface area (Å²) in [5.41, 5.74) is 3.46. The minimum Gasteiger partial charge on any atom is -0.306 e. The molecule has 3 rings (SSSR count). The molecule has 1 atom stereocenters. The maximum Gasteiger partial charge on any atom is 0.159 e.